The van der Waals surface area contributed by atoms with Gasteiger partial charge in [-0.15, -0.1) is 0 Å². The molecule has 0 amide bonds. The molecular weight excluding hydrogens is 268 g/mol. The first kappa shape index (κ1) is 15.9. The average Bonchev–Trinajstić information content (AvgIpc) is 2.43. The molecule has 21 heavy (non-hydrogen) atoms. The zero-order chi connectivity index (χ0) is 15.5. The molecule has 2 rings (SSSR count). The summed E-state index contributed by atoms with van der Waals surface area (Å²) in [7, 11) is 0. The largest absolute Gasteiger partial charge is 0.477 e. The van der Waals surface area contributed by atoms with Crippen LogP contribution in [0, 0.1) is 5.41 Å². The molecule has 0 spiro atoms. The molecule has 1 aliphatic rings. The van der Waals surface area contributed by atoms with Crippen LogP contribution in [0.5, 0.6) is 0 Å². The first-order valence-corrected chi connectivity index (χ1v) is 7.42. The van der Waals surface area contributed by atoms with Crippen molar-refractivity contribution in [3.8, 4) is 0 Å². The maximum Gasteiger partial charge on any atom is 0.354 e. The summed E-state index contributed by atoms with van der Waals surface area (Å²) in [5.74, 6) is -1.02. The number of aliphatic hydroxyl groups is 1. The summed E-state index contributed by atoms with van der Waals surface area (Å²) in [5, 5.41) is 22.7. The van der Waals surface area contributed by atoms with Gasteiger partial charge in [0.05, 0.1) is 11.3 Å². The van der Waals surface area contributed by atoms with E-state index in [-0.39, 0.29) is 5.69 Å². The van der Waals surface area contributed by atoms with Crippen molar-refractivity contribution in [2.45, 2.75) is 51.7 Å². The summed E-state index contributed by atoms with van der Waals surface area (Å²) in [6.45, 7) is 5.46. The van der Waals surface area contributed by atoms with Gasteiger partial charge in [0.2, 0.25) is 0 Å². The minimum atomic E-state index is -1.02. The number of hydrogen-bond donors (Lipinski definition) is 3. The average molecular weight is 292 g/mol. The van der Waals surface area contributed by atoms with Gasteiger partial charge in [0.1, 0.15) is 5.69 Å². The van der Waals surface area contributed by atoms with Crippen LogP contribution < -0.4 is 5.32 Å². The molecule has 0 radical (unpaired) electrons. The molecule has 1 heterocycles. The van der Waals surface area contributed by atoms with Crippen LogP contribution >= 0.6 is 0 Å². The van der Waals surface area contributed by atoms with E-state index in [4.69, 9.17) is 5.11 Å². The first-order chi connectivity index (χ1) is 9.80. The number of nitrogens with one attached hydrogen (secondary N) is 1. The molecule has 1 saturated carbocycles. The van der Waals surface area contributed by atoms with E-state index in [0.717, 1.165) is 25.7 Å². The van der Waals surface area contributed by atoms with Crippen molar-refractivity contribution < 1.29 is 15.0 Å². The highest BCUT2D eigenvalue weighted by Crippen LogP contribution is 2.39. The zero-order valence-corrected chi connectivity index (χ0v) is 12.7. The molecule has 0 aliphatic heterocycles. The van der Waals surface area contributed by atoms with Crippen molar-refractivity contribution in [3.05, 3.63) is 29.6 Å². The Morgan fingerprint density at radius 1 is 1.29 bits per heavy atom. The number of aromatic carboxylic acids is 1. The second-order valence-corrected chi connectivity index (χ2v) is 6.81. The maximum absolute atomic E-state index is 10.9. The lowest BCUT2D eigenvalue weighted by molar-refractivity contribution is -0.0245. The van der Waals surface area contributed by atoms with Gasteiger partial charge in [-0.25, -0.2) is 9.78 Å². The molecule has 1 aromatic heterocycles. The van der Waals surface area contributed by atoms with Crippen LogP contribution in [-0.2, 0) is 6.54 Å². The number of rotatable bonds is 5. The molecule has 0 aromatic carbocycles. The Bertz CT molecular complexity index is 504. The summed E-state index contributed by atoms with van der Waals surface area (Å²) < 4.78 is 0. The van der Waals surface area contributed by atoms with Gasteiger partial charge in [0, 0.05) is 13.1 Å². The molecule has 0 unspecified atom stereocenters. The molecule has 116 valence electrons. The minimum absolute atomic E-state index is 0.0485. The Labute approximate surface area is 125 Å². The van der Waals surface area contributed by atoms with Gasteiger partial charge in [-0.1, -0.05) is 19.9 Å². The number of carbonyl (C=O) groups is 1. The van der Waals surface area contributed by atoms with E-state index in [1.165, 1.54) is 6.07 Å². The predicted molar refractivity (Wildman–Crippen MR) is 80.1 cm³/mol. The third kappa shape index (κ3) is 4.51. The van der Waals surface area contributed by atoms with Crippen molar-refractivity contribution >= 4 is 5.97 Å². The monoisotopic (exact) mass is 292 g/mol. The highest BCUT2D eigenvalue weighted by Gasteiger charge is 2.36. The van der Waals surface area contributed by atoms with Crippen LogP contribution in [-0.4, -0.2) is 33.3 Å². The molecule has 5 nitrogen and oxygen atoms in total. The van der Waals surface area contributed by atoms with Crippen LogP contribution in [0.25, 0.3) is 0 Å². The zero-order valence-electron chi connectivity index (χ0n) is 12.7. The van der Waals surface area contributed by atoms with Gasteiger partial charge >= 0.3 is 5.97 Å². The number of aromatic nitrogens is 1. The Morgan fingerprint density at radius 2 is 1.95 bits per heavy atom. The third-order valence-electron chi connectivity index (χ3n) is 4.32. The fourth-order valence-corrected chi connectivity index (χ4v) is 2.69. The SMILES string of the molecule is CC1(C)CCC(O)(CNCc2cccc(C(=O)O)n2)CC1. The van der Waals surface area contributed by atoms with Gasteiger partial charge < -0.3 is 15.5 Å². The summed E-state index contributed by atoms with van der Waals surface area (Å²) in [6.07, 6.45) is 3.65. The number of carboxylic acids is 1. The molecule has 3 N–H and O–H groups in total. The fourth-order valence-electron chi connectivity index (χ4n) is 2.69. The van der Waals surface area contributed by atoms with Crippen LogP contribution in [0.1, 0.15) is 55.7 Å². The molecule has 1 aliphatic carbocycles. The second kappa shape index (κ2) is 6.12. The highest BCUT2D eigenvalue weighted by molar-refractivity contribution is 5.85. The normalized spacial score (nSPS) is 20.1. The lowest BCUT2D eigenvalue weighted by atomic mass is 9.71. The molecular formula is C16H24N2O3. The van der Waals surface area contributed by atoms with E-state index in [1.54, 1.807) is 12.1 Å². The van der Waals surface area contributed by atoms with Crippen molar-refractivity contribution in [1.82, 2.24) is 10.3 Å². The third-order valence-corrected chi connectivity index (χ3v) is 4.32. The van der Waals surface area contributed by atoms with Crippen LogP contribution in [0.2, 0.25) is 0 Å². The number of hydrogen-bond acceptors (Lipinski definition) is 4. The number of carboxylic acid groups (broad SMARTS) is 1. The lowest BCUT2D eigenvalue weighted by Crippen LogP contribution is -2.44. The smallest absolute Gasteiger partial charge is 0.354 e. The van der Waals surface area contributed by atoms with Crippen molar-refractivity contribution in [3.63, 3.8) is 0 Å². The van der Waals surface area contributed by atoms with Crippen LogP contribution in [0.4, 0.5) is 0 Å². The summed E-state index contributed by atoms with van der Waals surface area (Å²) in [4.78, 5) is 14.9. The van der Waals surface area contributed by atoms with Crippen molar-refractivity contribution in [2.24, 2.45) is 5.41 Å². The van der Waals surface area contributed by atoms with Gasteiger partial charge in [-0.05, 0) is 43.2 Å². The molecule has 1 fully saturated rings. The molecule has 1 aromatic rings. The van der Waals surface area contributed by atoms with E-state index >= 15 is 0 Å². The van der Waals surface area contributed by atoms with Crippen LogP contribution in [0.15, 0.2) is 18.2 Å². The summed E-state index contributed by atoms with van der Waals surface area (Å²) in [5.41, 5.74) is 0.394. The first-order valence-electron chi connectivity index (χ1n) is 7.42. The summed E-state index contributed by atoms with van der Waals surface area (Å²) >= 11 is 0. The fraction of sp³-hybridized carbons (Fsp3) is 0.625. The van der Waals surface area contributed by atoms with E-state index in [9.17, 15) is 9.90 Å². The Balaban J connectivity index is 1.84. The standard InChI is InChI=1S/C16H24N2O3/c1-15(2)6-8-16(21,9-7-15)11-17-10-12-4-3-5-13(18-12)14(19)20/h3-5,17,21H,6-11H2,1-2H3,(H,19,20). The van der Waals surface area contributed by atoms with E-state index in [0.29, 0.717) is 24.2 Å². The number of nitrogens with zero attached hydrogens (tertiary/aromatic N) is 1. The Kier molecular flexibility index (Phi) is 4.64. The molecule has 5 heteroatoms. The topological polar surface area (TPSA) is 82.5 Å². The predicted octanol–water partition coefficient (Wildman–Crippen LogP) is 2.20. The van der Waals surface area contributed by atoms with E-state index < -0.39 is 11.6 Å². The Hall–Kier alpha value is -1.46. The maximum atomic E-state index is 10.9. The van der Waals surface area contributed by atoms with Gasteiger partial charge in [0.15, 0.2) is 0 Å². The van der Waals surface area contributed by atoms with E-state index in [2.05, 4.69) is 24.1 Å². The highest BCUT2D eigenvalue weighted by atomic mass is 16.4. The molecule has 0 saturated heterocycles. The summed E-state index contributed by atoms with van der Waals surface area (Å²) in [6, 6.07) is 4.95. The van der Waals surface area contributed by atoms with Crippen LogP contribution in [0.3, 0.4) is 0 Å². The molecule has 0 atom stereocenters. The van der Waals surface area contributed by atoms with Gasteiger partial charge in [-0.3, -0.25) is 0 Å². The Morgan fingerprint density at radius 3 is 2.57 bits per heavy atom. The number of pyridine rings is 1. The lowest BCUT2D eigenvalue weighted by Gasteiger charge is -2.40. The minimum Gasteiger partial charge on any atom is -0.477 e. The van der Waals surface area contributed by atoms with E-state index in [1.807, 2.05) is 0 Å². The quantitative estimate of drug-likeness (QED) is 0.775. The van der Waals surface area contributed by atoms with Crippen molar-refractivity contribution in [1.29, 1.82) is 0 Å². The molecule has 0 bridgehead atoms. The second-order valence-electron chi connectivity index (χ2n) is 6.81. The van der Waals surface area contributed by atoms with Crippen molar-refractivity contribution in [2.75, 3.05) is 6.54 Å². The van der Waals surface area contributed by atoms with Gasteiger partial charge in [0.25, 0.3) is 0 Å². The van der Waals surface area contributed by atoms with Gasteiger partial charge in [-0.2, -0.15) is 0 Å².